The van der Waals surface area contributed by atoms with Gasteiger partial charge in [0.15, 0.2) is 40.9 Å². The van der Waals surface area contributed by atoms with Gasteiger partial charge < -0.3 is 36.7 Å². The van der Waals surface area contributed by atoms with Crippen molar-refractivity contribution in [3.63, 3.8) is 0 Å². The Morgan fingerprint density at radius 1 is 1.05 bits per heavy atom. The summed E-state index contributed by atoms with van der Waals surface area (Å²) in [6, 6.07) is 15.2. The number of unbranched alkanes of at least 4 members (excludes halogenated alkanes) is 2. The van der Waals surface area contributed by atoms with Gasteiger partial charge in [0, 0.05) is 19.0 Å². The van der Waals surface area contributed by atoms with Crippen LogP contribution in [0.4, 0.5) is 9.52 Å². The lowest BCUT2D eigenvalue weighted by molar-refractivity contribution is -0.686. The van der Waals surface area contributed by atoms with E-state index in [1.165, 1.54) is 34.6 Å². The molecule has 0 unspecified atom stereocenters. The van der Waals surface area contributed by atoms with E-state index in [1.807, 2.05) is 6.07 Å². The van der Waals surface area contributed by atoms with E-state index in [0.29, 0.717) is 6.61 Å². The number of aromatic nitrogens is 2. The van der Waals surface area contributed by atoms with Crippen LogP contribution in [0.5, 0.6) is 23.0 Å². The topological polar surface area (TPSA) is 65.7 Å². The highest BCUT2D eigenvalue weighted by atomic mass is 35.5. The SMILES string of the molecule is COc1ccc2cc3[n+](cc2c1OCCCCCNc1nc2ccc(F)cc2s1)CCc1cc2c(cc1-3)OCO2.[Cl-]. The van der Waals surface area contributed by atoms with Crippen molar-refractivity contribution < 1.29 is 40.3 Å². The van der Waals surface area contributed by atoms with Crippen molar-refractivity contribution >= 4 is 37.5 Å². The third-order valence-corrected chi connectivity index (χ3v) is 8.47. The minimum atomic E-state index is -0.233. The number of hydrogen-bond acceptors (Lipinski definition) is 7. The molecule has 212 valence electrons. The van der Waals surface area contributed by atoms with Crippen molar-refractivity contribution in [2.24, 2.45) is 0 Å². The molecule has 0 radical (unpaired) electrons. The molecule has 2 aliphatic heterocycles. The van der Waals surface area contributed by atoms with Gasteiger partial charge >= 0.3 is 0 Å². The van der Waals surface area contributed by atoms with Gasteiger partial charge in [-0.3, -0.25) is 0 Å². The average Bonchev–Trinajstić information content (AvgIpc) is 3.60. The van der Waals surface area contributed by atoms with Crippen molar-refractivity contribution in [3.8, 4) is 34.3 Å². The lowest BCUT2D eigenvalue weighted by Crippen LogP contribution is -3.00. The molecule has 0 saturated carbocycles. The van der Waals surface area contributed by atoms with Crippen molar-refractivity contribution in [1.29, 1.82) is 0 Å². The maximum atomic E-state index is 13.4. The molecule has 5 aromatic rings. The van der Waals surface area contributed by atoms with Crippen molar-refractivity contribution in [1.82, 2.24) is 4.98 Å². The normalized spacial score (nSPS) is 13.0. The molecule has 7 rings (SSSR count). The van der Waals surface area contributed by atoms with Gasteiger partial charge in [-0.25, -0.2) is 9.37 Å². The van der Waals surface area contributed by atoms with Crippen molar-refractivity contribution in [3.05, 3.63) is 66.1 Å². The Balaban J connectivity index is 0.00000302. The Hall–Kier alpha value is -3.82. The summed E-state index contributed by atoms with van der Waals surface area (Å²) >= 11 is 1.48. The highest BCUT2D eigenvalue weighted by molar-refractivity contribution is 7.22. The number of anilines is 1. The van der Waals surface area contributed by atoms with E-state index >= 15 is 0 Å². The number of hydrogen-bond donors (Lipinski definition) is 1. The van der Waals surface area contributed by atoms with E-state index in [0.717, 1.165) is 93.6 Å². The van der Waals surface area contributed by atoms with Crippen LogP contribution in [-0.4, -0.2) is 32.0 Å². The van der Waals surface area contributed by atoms with E-state index in [4.69, 9.17) is 18.9 Å². The Bertz CT molecular complexity index is 1740. The van der Waals surface area contributed by atoms with Crippen LogP contribution in [0, 0.1) is 5.82 Å². The van der Waals surface area contributed by atoms with Gasteiger partial charge in [0.05, 0.1) is 34.9 Å². The molecule has 4 heterocycles. The van der Waals surface area contributed by atoms with Crippen molar-refractivity contribution in [2.75, 3.05) is 32.4 Å². The number of aryl methyl sites for hydroxylation is 2. The Morgan fingerprint density at radius 2 is 1.93 bits per heavy atom. The third-order valence-electron chi connectivity index (χ3n) is 7.49. The van der Waals surface area contributed by atoms with E-state index < -0.39 is 0 Å². The zero-order valence-corrected chi connectivity index (χ0v) is 24.1. The monoisotopic (exact) mass is 593 g/mol. The third kappa shape index (κ3) is 5.31. The smallest absolute Gasteiger partial charge is 0.231 e. The summed E-state index contributed by atoms with van der Waals surface area (Å²) in [5, 5.41) is 6.33. The first-order valence-corrected chi connectivity index (χ1v) is 14.4. The van der Waals surface area contributed by atoms with Gasteiger partial charge in [-0.1, -0.05) is 11.3 Å². The number of nitrogens with one attached hydrogen (secondary N) is 1. The lowest BCUT2D eigenvalue weighted by Gasteiger charge is -2.18. The summed E-state index contributed by atoms with van der Waals surface area (Å²) in [4.78, 5) is 4.52. The van der Waals surface area contributed by atoms with Crippen molar-refractivity contribution in [2.45, 2.75) is 32.2 Å². The fourth-order valence-corrected chi connectivity index (χ4v) is 6.37. The average molecular weight is 594 g/mol. The van der Waals surface area contributed by atoms with Crippen LogP contribution in [0.15, 0.2) is 54.7 Å². The fraction of sp³-hybridized carbons (Fsp3) is 0.290. The molecule has 0 atom stereocenters. The van der Waals surface area contributed by atoms with Gasteiger partial charge in [-0.05, 0) is 72.7 Å². The summed E-state index contributed by atoms with van der Waals surface area (Å²) in [6.07, 6.45) is 6.03. The second-order valence-corrected chi connectivity index (χ2v) is 11.1. The summed E-state index contributed by atoms with van der Waals surface area (Å²) in [5.41, 5.74) is 4.44. The minimum absolute atomic E-state index is 0. The van der Waals surface area contributed by atoms with Crippen LogP contribution in [0.1, 0.15) is 24.8 Å². The number of pyridine rings is 1. The van der Waals surface area contributed by atoms with Gasteiger partial charge in [0.25, 0.3) is 0 Å². The molecule has 0 amide bonds. The van der Waals surface area contributed by atoms with E-state index in [-0.39, 0.29) is 25.0 Å². The van der Waals surface area contributed by atoms with Crippen LogP contribution in [0.3, 0.4) is 0 Å². The summed E-state index contributed by atoms with van der Waals surface area (Å²) in [6.45, 7) is 2.57. The Morgan fingerprint density at radius 3 is 2.80 bits per heavy atom. The molecule has 0 fully saturated rings. The number of nitrogens with zero attached hydrogens (tertiary/aromatic N) is 2. The van der Waals surface area contributed by atoms with Gasteiger partial charge in [0.2, 0.25) is 12.5 Å². The second kappa shape index (κ2) is 11.6. The van der Waals surface area contributed by atoms with E-state index in [1.54, 1.807) is 13.2 Å². The molecule has 0 spiro atoms. The number of thiazole rings is 1. The van der Waals surface area contributed by atoms with Crippen LogP contribution in [-0.2, 0) is 13.0 Å². The first-order chi connectivity index (χ1) is 19.7. The summed E-state index contributed by atoms with van der Waals surface area (Å²) in [7, 11) is 1.68. The number of ether oxygens (including phenoxy) is 4. The molecule has 3 aromatic carbocycles. The van der Waals surface area contributed by atoms with Crippen LogP contribution >= 0.6 is 11.3 Å². The second-order valence-electron chi connectivity index (χ2n) is 10.0. The zero-order valence-electron chi connectivity index (χ0n) is 22.5. The molecule has 10 heteroatoms. The largest absolute Gasteiger partial charge is 1.00 e. The maximum Gasteiger partial charge on any atom is 0.231 e. The van der Waals surface area contributed by atoms with Gasteiger partial charge in [0.1, 0.15) is 5.82 Å². The summed E-state index contributed by atoms with van der Waals surface area (Å²) < 4.78 is 39.8. The maximum absolute atomic E-state index is 13.4. The Labute approximate surface area is 247 Å². The molecule has 41 heavy (non-hydrogen) atoms. The van der Waals surface area contributed by atoms with Crippen LogP contribution < -0.4 is 41.2 Å². The molecular formula is C31H29ClFN3O4S. The van der Waals surface area contributed by atoms with E-state index in [2.05, 4.69) is 45.3 Å². The summed E-state index contributed by atoms with van der Waals surface area (Å²) in [5.74, 6) is 2.92. The quantitative estimate of drug-likeness (QED) is 0.209. The van der Waals surface area contributed by atoms with Gasteiger partial charge in [-0.15, -0.1) is 0 Å². The molecule has 1 N–H and O–H groups in total. The number of benzene rings is 3. The highest BCUT2D eigenvalue weighted by Crippen LogP contribution is 2.41. The minimum Gasteiger partial charge on any atom is -1.00 e. The number of rotatable bonds is 9. The van der Waals surface area contributed by atoms with Gasteiger partial charge in [-0.2, -0.15) is 4.57 Å². The first kappa shape index (κ1) is 27.4. The Kier molecular flexibility index (Phi) is 7.73. The molecule has 2 aliphatic rings. The standard InChI is InChI=1S/C31H29FN3O4S.ClH/c1-36-26-8-5-19-13-25-22-16-28-27(38-18-39-28)14-20(22)9-11-35(25)17-23(19)30(26)37-12-4-2-3-10-33-31-34-24-7-6-21(32)15-29(24)40-31;/h5-8,13-17H,2-4,9-12,18H2,1H3,(H,33,34);1H/q+1;/p-1. The number of fused-ring (bicyclic) bond motifs is 6. The predicted octanol–water partition coefficient (Wildman–Crippen LogP) is 3.50. The van der Waals surface area contributed by atoms with Crippen LogP contribution in [0.2, 0.25) is 0 Å². The highest BCUT2D eigenvalue weighted by Gasteiger charge is 2.28. The molecule has 0 saturated heterocycles. The fourth-order valence-electron chi connectivity index (χ4n) is 5.45. The molecule has 0 aliphatic carbocycles. The predicted molar refractivity (Wildman–Crippen MR) is 153 cm³/mol. The lowest BCUT2D eigenvalue weighted by atomic mass is 9.95. The molecule has 7 nitrogen and oxygen atoms in total. The first-order valence-electron chi connectivity index (χ1n) is 13.6. The number of methoxy groups -OCH3 is 1. The molecule has 0 bridgehead atoms. The molecular weight excluding hydrogens is 565 g/mol. The zero-order chi connectivity index (χ0) is 27.1. The van der Waals surface area contributed by atoms with Crippen LogP contribution in [0.25, 0.3) is 32.2 Å². The molecule has 2 aromatic heterocycles. The number of halogens is 2. The van der Waals surface area contributed by atoms with E-state index in [9.17, 15) is 4.39 Å².